The van der Waals surface area contributed by atoms with Crippen molar-refractivity contribution in [2.75, 3.05) is 7.11 Å². The highest BCUT2D eigenvalue weighted by atomic mass is 16.5. The molecule has 0 spiro atoms. The molecule has 3 heteroatoms. The maximum atomic E-state index is 11.8. The number of hydrogen-bond donors (Lipinski definition) is 0. The molecular weight excluding hydrogens is 214 g/mol. The minimum Gasteiger partial charge on any atom is -0.381 e. The number of fused-ring (bicyclic) bond motifs is 1. The van der Waals surface area contributed by atoms with Crippen molar-refractivity contribution in [3.8, 4) is 0 Å². The predicted molar refractivity (Wildman–Crippen MR) is 65.4 cm³/mol. The third kappa shape index (κ3) is 1.82. The van der Waals surface area contributed by atoms with Crippen molar-refractivity contribution >= 4 is 5.78 Å². The number of carbonyl (C=O) groups is 1. The molecule has 17 heavy (non-hydrogen) atoms. The average molecular weight is 233 g/mol. The number of ether oxygens (including phenoxy) is 1. The van der Waals surface area contributed by atoms with Crippen LogP contribution in [0.5, 0.6) is 0 Å². The number of carbonyl (C=O) groups excluding carboxylic acids is 1. The molecule has 0 aliphatic heterocycles. The Morgan fingerprint density at radius 2 is 2.24 bits per heavy atom. The van der Waals surface area contributed by atoms with Crippen LogP contribution in [-0.2, 0) is 11.2 Å². The van der Waals surface area contributed by atoms with Gasteiger partial charge in [-0.25, -0.2) is 0 Å². The zero-order valence-electron chi connectivity index (χ0n) is 10.3. The van der Waals surface area contributed by atoms with Crippen molar-refractivity contribution in [1.82, 2.24) is 4.57 Å². The fraction of sp³-hybridized carbons (Fsp3) is 0.643. The van der Waals surface area contributed by atoms with Gasteiger partial charge in [0, 0.05) is 37.0 Å². The summed E-state index contributed by atoms with van der Waals surface area (Å²) in [6, 6.07) is 2.55. The lowest BCUT2D eigenvalue weighted by atomic mass is 9.96. The fourth-order valence-corrected chi connectivity index (χ4v) is 3.28. The average Bonchev–Trinajstić information content (AvgIpc) is 2.94. The van der Waals surface area contributed by atoms with E-state index in [0.717, 1.165) is 37.7 Å². The van der Waals surface area contributed by atoms with Gasteiger partial charge in [0.25, 0.3) is 0 Å². The second-order valence-corrected chi connectivity index (χ2v) is 5.18. The number of rotatable bonds is 2. The highest BCUT2D eigenvalue weighted by molar-refractivity contribution is 5.98. The summed E-state index contributed by atoms with van der Waals surface area (Å²) in [5, 5.41) is 0. The minimum absolute atomic E-state index is 0.325. The van der Waals surface area contributed by atoms with E-state index in [1.165, 1.54) is 12.1 Å². The van der Waals surface area contributed by atoms with Crippen molar-refractivity contribution in [1.29, 1.82) is 0 Å². The molecule has 92 valence electrons. The third-order valence-corrected chi connectivity index (χ3v) is 4.23. The second kappa shape index (κ2) is 4.30. The zero-order valence-corrected chi connectivity index (χ0v) is 10.3. The van der Waals surface area contributed by atoms with E-state index in [9.17, 15) is 4.79 Å². The van der Waals surface area contributed by atoms with Crippen molar-refractivity contribution in [3.63, 3.8) is 0 Å². The molecule has 1 aromatic heterocycles. The van der Waals surface area contributed by atoms with Crippen LogP contribution < -0.4 is 0 Å². The van der Waals surface area contributed by atoms with E-state index in [2.05, 4.69) is 10.8 Å². The molecule has 2 aliphatic rings. The lowest BCUT2D eigenvalue weighted by Crippen LogP contribution is -2.16. The van der Waals surface area contributed by atoms with Crippen LogP contribution in [0.1, 0.15) is 54.2 Å². The zero-order chi connectivity index (χ0) is 11.8. The Kier molecular flexibility index (Phi) is 2.79. The van der Waals surface area contributed by atoms with E-state index in [1.54, 1.807) is 7.11 Å². The molecule has 0 bridgehead atoms. The lowest BCUT2D eigenvalue weighted by molar-refractivity contribution is 0.0971. The number of hydrogen-bond acceptors (Lipinski definition) is 2. The molecule has 2 atom stereocenters. The van der Waals surface area contributed by atoms with Crippen LogP contribution in [0.4, 0.5) is 0 Å². The molecule has 0 amide bonds. The van der Waals surface area contributed by atoms with Crippen LogP contribution in [-0.4, -0.2) is 23.6 Å². The topological polar surface area (TPSA) is 31.2 Å². The van der Waals surface area contributed by atoms with E-state index >= 15 is 0 Å². The Morgan fingerprint density at radius 1 is 1.35 bits per heavy atom. The third-order valence-electron chi connectivity index (χ3n) is 4.23. The van der Waals surface area contributed by atoms with Crippen molar-refractivity contribution in [2.45, 2.75) is 50.7 Å². The number of ketones is 1. The van der Waals surface area contributed by atoms with Crippen LogP contribution in [0.15, 0.2) is 12.3 Å². The Balaban J connectivity index is 1.87. The maximum absolute atomic E-state index is 11.8. The van der Waals surface area contributed by atoms with Gasteiger partial charge in [-0.15, -0.1) is 0 Å². The Morgan fingerprint density at radius 3 is 3.00 bits per heavy atom. The Bertz CT molecular complexity index is 435. The number of aromatic nitrogens is 1. The van der Waals surface area contributed by atoms with Gasteiger partial charge < -0.3 is 9.30 Å². The summed E-state index contributed by atoms with van der Waals surface area (Å²) < 4.78 is 7.76. The standard InChI is InChI=1S/C14H19NO2/c1-17-11-6-5-10(9-11)15-8-7-12-13(15)3-2-4-14(12)16/h7-8,10-11H,2-6,9H2,1H3. The maximum Gasteiger partial charge on any atom is 0.164 e. The normalized spacial score (nSPS) is 28.4. The van der Waals surface area contributed by atoms with Gasteiger partial charge >= 0.3 is 0 Å². The molecule has 0 radical (unpaired) electrons. The molecule has 1 saturated carbocycles. The van der Waals surface area contributed by atoms with Crippen molar-refractivity contribution < 1.29 is 9.53 Å². The van der Waals surface area contributed by atoms with Crippen LogP contribution in [0.25, 0.3) is 0 Å². The smallest absolute Gasteiger partial charge is 0.164 e. The highest BCUT2D eigenvalue weighted by Gasteiger charge is 2.29. The van der Waals surface area contributed by atoms with Crippen LogP contribution in [0.2, 0.25) is 0 Å². The Labute approximate surface area is 102 Å². The van der Waals surface area contributed by atoms with Gasteiger partial charge in [-0.3, -0.25) is 4.79 Å². The van der Waals surface area contributed by atoms with Gasteiger partial charge in [0.1, 0.15) is 0 Å². The number of nitrogens with zero attached hydrogens (tertiary/aromatic N) is 1. The van der Waals surface area contributed by atoms with Gasteiger partial charge in [0.2, 0.25) is 0 Å². The first-order valence-electron chi connectivity index (χ1n) is 6.55. The summed E-state index contributed by atoms with van der Waals surface area (Å²) in [5.41, 5.74) is 2.24. The van der Waals surface area contributed by atoms with Gasteiger partial charge in [-0.1, -0.05) is 0 Å². The predicted octanol–water partition coefficient (Wildman–Crippen LogP) is 2.75. The summed E-state index contributed by atoms with van der Waals surface area (Å²) in [4.78, 5) is 11.8. The van der Waals surface area contributed by atoms with Crippen LogP contribution >= 0.6 is 0 Å². The molecule has 0 saturated heterocycles. The molecule has 0 N–H and O–H groups in total. The first kappa shape index (κ1) is 11.0. The first-order valence-corrected chi connectivity index (χ1v) is 6.55. The van der Waals surface area contributed by atoms with Gasteiger partial charge in [-0.05, 0) is 38.2 Å². The van der Waals surface area contributed by atoms with Gasteiger partial charge in [0.05, 0.1) is 6.10 Å². The molecule has 0 aromatic carbocycles. The lowest BCUT2D eigenvalue weighted by Gasteiger charge is -2.20. The minimum atomic E-state index is 0.325. The van der Waals surface area contributed by atoms with E-state index in [4.69, 9.17) is 4.74 Å². The molecule has 2 aliphatic carbocycles. The van der Waals surface area contributed by atoms with Crippen molar-refractivity contribution in [3.05, 3.63) is 23.5 Å². The largest absolute Gasteiger partial charge is 0.381 e. The van der Waals surface area contributed by atoms with Gasteiger partial charge in [-0.2, -0.15) is 0 Å². The van der Waals surface area contributed by atoms with Crippen molar-refractivity contribution in [2.24, 2.45) is 0 Å². The van der Waals surface area contributed by atoms with E-state index in [1.807, 2.05) is 6.07 Å². The molecule has 2 unspecified atom stereocenters. The summed E-state index contributed by atoms with van der Waals surface area (Å²) in [7, 11) is 1.79. The molecular formula is C14H19NO2. The van der Waals surface area contributed by atoms with Crippen LogP contribution in [0, 0.1) is 0 Å². The molecule has 3 rings (SSSR count). The monoisotopic (exact) mass is 233 g/mol. The fourth-order valence-electron chi connectivity index (χ4n) is 3.28. The molecule has 1 heterocycles. The SMILES string of the molecule is COC1CCC(n2ccc3c2CCCC3=O)C1. The van der Waals surface area contributed by atoms with Crippen LogP contribution in [0.3, 0.4) is 0 Å². The quantitative estimate of drug-likeness (QED) is 0.786. The first-order chi connectivity index (χ1) is 8.29. The summed E-state index contributed by atoms with van der Waals surface area (Å²) in [5.74, 6) is 0.325. The molecule has 1 fully saturated rings. The van der Waals surface area contributed by atoms with E-state index < -0.39 is 0 Å². The second-order valence-electron chi connectivity index (χ2n) is 5.18. The van der Waals surface area contributed by atoms with E-state index in [-0.39, 0.29) is 0 Å². The summed E-state index contributed by atoms with van der Waals surface area (Å²) in [6.45, 7) is 0. The van der Waals surface area contributed by atoms with Gasteiger partial charge in [0.15, 0.2) is 5.78 Å². The number of methoxy groups -OCH3 is 1. The summed E-state index contributed by atoms with van der Waals surface area (Å²) in [6.07, 6.45) is 8.71. The molecule has 3 nitrogen and oxygen atoms in total. The van der Waals surface area contributed by atoms with E-state index in [0.29, 0.717) is 17.9 Å². The molecule has 1 aromatic rings. The summed E-state index contributed by atoms with van der Waals surface area (Å²) >= 11 is 0. The highest BCUT2D eigenvalue weighted by Crippen LogP contribution is 2.35. The number of Topliss-reactive ketones (excluding diaryl/α,β-unsaturated/α-hetero) is 1. The Hall–Kier alpha value is -1.09.